The number of Topliss-reactive ketones (excluding diaryl/α,β-unsaturated/α-hetero) is 1. The SMILES string of the molecule is O=C(c1c[nH]c2ccncc12)C1COCCO1. The van der Waals surface area contributed by atoms with Crippen molar-refractivity contribution in [3.63, 3.8) is 0 Å². The van der Waals surface area contributed by atoms with Crippen LogP contribution < -0.4 is 0 Å². The van der Waals surface area contributed by atoms with Gasteiger partial charge in [0.1, 0.15) is 6.10 Å². The quantitative estimate of drug-likeness (QED) is 0.789. The number of rotatable bonds is 2. The predicted molar refractivity (Wildman–Crippen MR) is 61.0 cm³/mol. The van der Waals surface area contributed by atoms with Crippen molar-refractivity contribution in [3.8, 4) is 0 Å². The second kappa shape index (κ2) is 4.27. The van der Waals surface area contributed by atoms with Gasteiger partial charge in [0.2, 0.25) is 0 Å². The minimum atomic E-state index is -0.497. The monoisotopic (exact) mass is 232 g/mol. The molecular weight excluding hydrogens is 220 g/mol. The average molecular weight is 232 g/mol. The Labute approximate surface area is 97.7 Å². The van der Waals surface area contributed by atoms with Crippen molar-refractivity contribution in [2.24, 2.45) is 0 Å². The molecule has 1 unspecified atom stereocenters. The first-order valence-corrected chi connectivity index (χ1v) is 5.51. The Bertz CT molecular complexity index is 543. The van der Waals surface area contributed by atoms with Crippen LogP contribution in [0.4, 0.5) is 0 Å². The highest BCUT2D eigenvalue weighted by Gasteiger charge is 2.25. The molecule has 2 aromatic rings. The molecule has 0 amide bonds. The lowest BCUT2D eigenvalue weighted by Crippen LogP contribution is -2.35. The van der Waals surface area contributed by atoms with E-state index >= 15 is 0 Å². The van der Waals surface area contributed by atoms with E-state index in [1.54, 1.807) is 18.6 Å². The molecule has 0 saturated carbocycles. The molecule has 3 heterocycles. The normalized spacial score (nSPS) is 20.6. The van der Waals surface area contributed by atoms with Crippen molar-refractivity contribution >= 4 is 16.7 Å². The number of hydrogen-bond acceptors (Lipinski definition) is 4. The number of pyridine rings is 1. The first-order chi connectivity index (χ1) is 8.36. The number of fused-ring (bicyclic) bond motifs is 1. The lowest BCUT2D eigenvalue weighted by atomic mass is 10.1. The van der Waals surface area contributed by atoms with Gasteiger partial charge >= 0.3 is 0 Å². The maximum atomic E-state index is 12.2. The molecule has 3 rings (SSSR count). The summed E-state index contributed by atoms with van der Waals surface area (Å²) in [5.41, 5.74) is 1.52. The zero-order valence-corrected chi connectivity index (χ0v) is 9.18. The molecule has 1 fully saturated rings. The standard InChI is InChI=1S/C12H12N2O3/c15-12(11-7-16-3-4-17-11)9-6-14-10-1-2-13-5-8(9)10/h1-2,5-6,11,14H,3-4,7H2. The van der Waals surface area contributed by atoms with Crippen LogP contribution in [-0.4, -0.2) is 41.7 Å². The van der Waals surface area contributed by atoms with Crippen LogP contribution in [0.5, 0.6) is 0 Å². The molecule has 88 valence electrons. The summed E-state index contributed by atoms with van der Waals surface area (Å²) in [6, 6.07) is 1.84. The number of nitrogens with zero attached hydrogens (tertiary/aromatic N) is 1. The first-order valence-electron chi connectivity index (χ1n) is 5.51. The number of ketones is 1. The van der Waals surface area contributed by atoms with Crippen molar-refractivity contribution in [1.29, 1.82) is 0 Å². The largest absolute Gasteiger partial charge is 0.376 e. The van der Waals surface area contributed by atoms with E-state index in [0.29, 0.717) is 25.4 Å². The number of carbonyl (C=O) groups is 1. The Hall–Kier alpha value is -1.72. The molecule has 5 heteroatoms. The van der Waals surface area contributed by atoms with Crippen molar-refractivity contribution in [1.82, 2.24) is 9.97 Å². The van der Waals surface area contributed by atoms with E-state index in [2.05, 4.69) is 9.97 Å². The molecule has 0 spiro atoms. The number of aromatic amines is 1. The van der Waals surface area contributed by atoms with Crippen LogP contribution in [0.2, 0.25) is 0 Å². The fourth-order valence-corrected chi connectivity index (χ4v) is 1.98. The molecule has 0 aliphatic carbocycles. The average Bonchev–Trinajstić information content (AvgIpc) is 2.83. The maximum absolute atomic E-state index is 12.2. The zero-order valence-electron chi connectivity index (χ0n) is 9.18. The molecule has 1 saturated heterocycles. The second-order valence-electron chi connectivity index (χ2n) is 3.92. The summed E-state index contributed by atoms with van der Waals surface area (Å²) in [6.45, 7) is 1.35. The van der Waals surface area contributed by atoms with E-state index < -0.39 is 6.10 Å². The van der Waals surface area contributed by atoms with E-state index in [9.17, 15) is 4.79 Å². The van der Waals surface area contributed by atoms with Crippen molar-refractivity contribution in [3.05, 3.63) is 30.2 Å². The molecule has 1 N–H and O–H groups in total. The van der Waals surface area contributed by atoms with Crippen molar-refractivity contribution < 1.29 is 14.3 Å². The van der Waals surface area contributed by atoms with Crippen LogP contribution in [0.25, 0.3) is 10.9 Å². The highest BCUT2D eigenvalue weighted by Crippen LogP contribution is 2.19. The third-order valence-corrected chi connectivity index (χ3v) is 2.86. The molecule has 0 radical (unpaired) electrons. The molecular formula is C12H12N2O3. The summed E-state index contributed by atoms with van der Waals surface area (Å²) in [5, 5.41) is 0.826. The molecule has 1 aliphatic rings. The van der Waals surface area contributed by atoms with Crippen LogP contribution in [-0.2, 0) is 9.47 Å². The number of carbonyl (C=O) groups excluding carboxylic acids is 1. The van der Waals surface area contributed by atoms with E-state index in [-0.39, 0.29) is 5.78 Å². The van der Waals surface area contributed by atoms with Gasteiger partial charge in [0.05, 0.1) is 19.8 Å². The van der Waals surface area contributed by atoms with Crippen LogP contribution in [0, 0.1) is 0 Å². The fraction of sp³-hybridized carbons (Fsp3) is 0.333. The summed E-state index contributed by atoms with van der Waals surface area (Å²) in [5.74, 6) is -0.0519. The summed E-state index contributed by atoms with van der Waals surface area (Å²) >= 11 is 0. The van der Waals surface area contributed by atoms with Gasteiger partial charge in [-0.05, 0) is 6.07 Å². The van der Waals surface area contributed by atoms with Gasteiger partial charge in [0.25, 0.3) is 0 Å². The van der Waals surface area contributed by atoms with Gasteiger partial charge in [-0.25, -0.2) is 0 Å². The molecule has 0 aromatic carbocycles. The van der Waals surface area contributed by atoms with Crippen molar-refractivity contribution in [2.75, 3.05) is 19.8 Å². The first kappa shape index (κ1) is 10.4. The van der Waals surface area contributed by atoms with Crippen LogP contribution in [0.1, 0.15) is 10.4 Å². The third kappa shape index (κ3) is 1.83. The Balaban J connectivity index is 1.95. The van der Waals surface area contributed by atoms with Gasteiger partial charge in [0, 0.05) is 35.1 Å². The minimum absolute atomic E-state index is 0.0519. The van der Waals surface area contributed by atoms with E-state index in [1.807, 2.05) is 6.07 Å². The van der Waals surface area contributed by atoms with Crippen LogP contribution >= 0.6 is 0 Å². The molecule has 0 bridgehead atoms. The molecule has 5 nitrogen and oxygen atoms in total. The molecule has 1 atom stereocenters. The second-order valence-corrected chi connectivity index (χ2v) is 3.92. The van der Waals surface area contributed by atoms with Crippen LogP contribution in [0.15, 0.2) is 24.7 Å². The lowest BCUT2D eigenvalue weighted by molar-refractivity contribution is -0.0718. The summed E-state index contributed by atoms with van der Waals surface area (Å²) in [7, 11) is 0. The van der Waals surface area contributed by atoms with Crippen LogP contribution in [0.3, 0.4) is 0 Å². The highest BCUT2D eigenvalue weighted by atomic mass is 16.6. The Morgan fingerprint density at radius 1 is 1.47 bits per heavy atom. The van der Waals surface area contributed by atoms with Gasteiger partial charge in [-0.2, -0.15) is 0 Å². The summed E-state index contributed by atoms with van der Waals surface area (Å²) in [4.78, 5) is 19.3. The number of hydrogen-bond donors (Lipinski definition) is 1. The van der Waals surface area contributed by atoms with Gasteiger partial charge in [-0.3, -0.25) is 9.78 Å². The van der Waals surface area contributed by atoms with Gasteiger partial charge in [-0.1, -0.05) is 0 Å². The minimum Gasteiger partial charge on any atom is -0.376 e. The lowest BCUT2D eigenvalue weighted by Gasteiger charge is -2.21. The number of aromatic nitrogens is 2. The van der Waals surface area contributed by atoms with Gasteiger partial charge in [-0.15, -0.1) is 0 Å². The van der Waals surface area contributed by atoms with Gasteiger partial charge < -0.3 is 14.5 Å². The highest BCUT2D eigenvalue weighted by molar-refractivity contribution is 6.09. The smallest absolute Gasteiger partial charge is 0.196 e. The summed E-state index contributed by atoms with van der Waals surface area (Å²) in [6.07, 6.45) is 4.57. The van der Waals surface area contributed by atoms with E-state index in [4.69, 9.17) is 9.47 Å². The van der Waals surface area contributed by atoms with Crippen molar-refractivity contribution in [2.45, 2.75) is 6.10 Å². The molecule has 1 aliphatic heterocycles. The fourth-order valence-electron chi connectivity index (χ4n) is 1.98. The Morgan fingerprint density at radius 2 is 2.41 bits per heavy atom. The number of H-pyrrole nitrogens is 1. The third-order valence-electron chi connectivity index (χ3n) is 2.86. The number of nitrogens with one attached hydrogen (secondary N) is 1. The maximum Gasteiger partial charge on any atom is 0.196 e. The Morgan fingerprint density at radius 3 is 3.24 bits per heavy atom. The van der Waals surface area contributed by atoms with E-state index in [0.717, 1.165) is 10.9 Å². The Kier molecular flexibility index (Phi) is 2.62. The zero-order chi connectivity index (χ0) is 11.7. The topological polar surface area (TPSA) is 64.2 Å². The predicted octanol–water partition coefficient (Wildman–Crippen LogP) is 1.16. The molecule has 2 aromatic heterocycles. The summed E-state index contributed by atoms with van der Waals surface area (Å²) < 4.78 is 10.6. The van der Waals surface area contributed by atoms with E-state index in [1.165, 1.54) is 0 Å². The number of ether oxygens (including phenoxy) is 2. The van der Waals surface area contributed by atoms with Gasteiger partial charge in [0.15, 0.2) is 5.78 Å². The molecule has 17 heavy (non-hydrogen) atoms.